The highest BCUT2D eigenvalue weighted by atomic mass is 19.1. The van der Waals surface area contributed by atoms with E-state index in [1.165, 1.54) is 12.3 Å². The van der Waals surface area contributed by atoms with E-state index in [4.69, 9.17) is 9.84 Å². The van der Waals surface area contributed by atoms with Crippen LogP contribution in [0, 0.1) is 5.82 Å². The lowest BCUT2D eigenvalue weighted by atomic mass is 10.1. The summed E-state index contributed by atoms with van der Waals surface area (Å²) in [4.78, 5) is 18.4. The SMILES string of the molecule is O=C(O)c1cnc(NC2COc3c(F)cccc32)cn1. The molecule has 0 saturated carbocycles. The summed E-state index contributed by atoms with van der Waals surface area (Å²) in [6, 6.07) is 4.47. The molecule has 0 saturated heterocycles. The first-order chi connectivity index (χ1) is 9.65. The smallest absolute Gasteiger partial charge is 0.356 e. The van der Waals surface area contributed by atoms with Crippen LogP contribution in [-0.2, 0) is 0 Å². The lowest BCUT2D eigenvalue weighted by molar-refractivity contribution is 0.0690. The number of nitrogens with one attached hydrogen (secondary N) is 1. The number of hydrogen-bond donors (Lipinski definition) is 2. The first-order valence-corrected chi connectivity index (χ1v) is 5.88. The first-order valence-electron chi connectivity index (χ1n) is 5.88. The van der Waals surface area contributed by atoms with Crippen molar-refractivity contribution in [3.05, 3.63) is 47.7 Å². The number of aromatic carboxylic acids is 1. The van der Waals surface area contributed by atoms with E-state index in [0.29, 0.717) is 11.4 Å². The monoisotopic (exact) mass is 275 g/mol. The molecule has 6 nitrogen and oxygen atoms in total. The lowest BCUT2D eigenvalue weighted by Crippen LogP contribution is -2.13. The average molecular weight is 275 g/mol. The number of hydrogen-bond acceptors (Lipinski definition) is 5. The Morgan fingerprint density at radius 1 is 1.40 bits per heavy atom. The largest absolute Gasteiger partial charge is 0.488 e. The molecule has 0 amide bonds. The minimum atomic E-state index is -1.14. The highest BCUT2D eigenvalue weighted by Gasteiger charge is 2.26. The fourth-order valence-corrected chi connectivity index (χ4v) is 2.02. The van der Waals surface area contributed by atoms with E-state index < -0.39 is 11.8 Å². The van der Waals surface area contributed by atoms with Gasteiger partial charge in [-0.1, -0.05) is 12.1 Å². The molecule has 7 heteroatoms. The van der Waals surface area contributed by atoms with Crippen LogP contribution >= 0.6 is 0 Å². The van der Waals surface area contributed by atoms with E-state index in [-0.39, 0.29) is 24.1 Å². The summed E-state index contributed by atoms with van der Waals surface area (Å²) in [5, 5.41) is 11.8. The van der Waals surface area contributed by atoms with Crippen molar-refractivity contribution in [2.24, 2.45) is 0 Å². The Labute approximate surface area is 113 Å². The molecule has 1 aliphatic heterocycles. The summed E-state index contributed by atoms with van der Waals surface area (Å²) in [6.45, 7) is 0.276. The van der Waals surface area contributed by atoms with Crippen molar-refractivity contribution in [1.29, 1.82) is 0 Å². The number of benzene rings is 1. The van der Waals surface area contributed by atoms with Crippen molar-refractivity contribution in [3.8, 4) is 5.75 Å². The van der Waals surface area contributed by atoms with Crippen molar-refractivity contribution < 1.29 is 19.0 Å². The first kappa shape index (κ1) is 12.3. The normalized spacial score (nSPS) is 16.4. The molecule has 1 aromatic heterocycles. The minimum absolute atomic E-state index is 0.135. The summed E-state index contributed by atoms with van der Waals surface area (Å²) in [7, 11) is 0. The molecule has 1 atom stereocenters. The second kappa shape index (κ2) is 4.76. The Bertz CT molecular complexity index is 660. The van der Waals surface area contributed by atoms with Crippen LogP contribution in [0.15, 0.2) is 30.6 Å². The van der Waals surface area contributed by atoms with Gasteiger partial charge in [0.05, 0.1) is 18.4 Å². The van der Waals surface area contributed by atoms with Crippen LogP contribution in [-0.4, -0.2) is 27.7 Å². The van der Waals surface area contributed by atoms with E-state index in [1.54, 1.807) is 12.1 Å². The molecule has 1 aromatic carbocycles. The van der Waals surface area contributed by atoms with Crippen molar-refractivity contribution in [3.63, 3.8) is 0 Å². The van der Waals surface area contributed by atoms with E-state index in [1.807, 2.05) is 0 Å². The number of halogens is 1. The number of carbonyl (C=O) groups is 1. The zero-order valence-corrected chi connectivity index (χ0v) is 10.2. The number of carboxylic acid groups (broad SMARTS) is 1. The number of rotatable bonds is 3. The quantitative estimate of drug-likeness (QED) is 0.889. The van der Waals surface area contributed by atoms with Crippen molar-refractivity contribution in [2.45, 2.75) is 6.04 Å². The standard InChI is InChI=1S/C13H10FN3O3/c14-8-3-1-2-7-10(6-20-12(7)8)17-11-5-15-9(4-16-11)13(18)19/h1-5,10H,6H2,(H,16,17)(H,18,19). The van der Waals surface area contributed by atoms with Gasteiger partial charge in [0.1, 0.15) is 12.4 Å². The predicted molar refractivity (Wildman–Crippen MR) is 67.3 cm³/mol. The Morgan fingerprint density at radius 3 is 2.95 bits per heavy atom. The van der Waals surface area contributed by atoms with Gasteiger partial charge in [-0.2, -0.15) is 0 Å². The molecule has 0 spiro atoms. The van der Waals surface area contributed by atoms with E-state index >= 15 is 0 Å². The number of anilines is 1. The molecule has 0 bridgehead atoms. The van der Waals surface area contributed by atoms with Crippen LogP contribution in [0.25, 0.3) is 0 Å². The molecule has 102 valence electrons. The van der Waals surface area contributed by atoms with Crippen molar-refractivity contribution in [2.75, 3.05) is 11.9 Å². The number of carboxylic acids is 1. The van der Waals surface area contributed by atoms with E-state index in [9.17, 15) is 9.18 Å². The predicted octanol–water partition coefficient (Wildman–Crippen LogP) is 1.86. The molecule has 1 aliphatic rings. The maximum atomic E-state index is 13.5. The molecule has 20 heavy (non-hydrogen) atoms. The van der Waals surface area contributed by atoms with Gasteiger partial charge in [-0.05, 0) is 6.07 Å². The third kappa shape index (κ3) is 2.13. The average Bonchev–Trinajstić information content (AvgIpc) is 2.84. The van der Waals surface area contributed by atoms with Gasteiger partial charge in [-0.25, -0.2) is 19.2 Å². The zero-order chi connectivity index (χ0) is 14.1. The van der Waals surface area contributed by atoms with Gasteiger partial charge in [0, 0.05) is 5.56 Å². The molecule has 1 unspecified atom stereocenters. The second-order valence-corrected chi connectivity index (χ2v) is 4.26. The number of ether oxygens (including phenoxy) is 1. The van der Waals surface area contributed by atoms with Gasteiger partial charge >= 0.3 is 5.97 Å². The molecule has 2 heterocycles. The Morgan fingerprint density at radius 2 is 2.25 bits per heavy atom. The maximum Gasteiger partial charge on any atom is 0.356 e. The van der Waals surface area contributed by atoms with Gasteiger partial charge in [-0.3, -0.25) is 0 Å². The number of aromatic nitrogens is 2. The highest BCUT2D eigenvalue weighted by molar-refractivity contribution is 5.84. The van der Waals surface area contributed by atoms with Gasteiger partial charge < -0.3 is 15.2 Å². The van der Waals surface area contributed by atoms with Gasteiger partial charge in [0.25, 0.3) is 0 Å². The number of para-hydroxylation sites is 1. The van der Waals surface area contributed by atoms with E-state index in [0.717, 1.165) is 6.20 Å². The molecule has 3 rings (SSSR count). The fraction of sp³-hybridized carbons (Fsp3) is 0.154. The molecular weight excluding hydrogens is 265 g/mol. The molecule has 0 radical (unpaired) electrons. The lowest BCUT2D eigenvalue weighted by Gasteiger charge is -2.11. The summed E-state index contributed by atoms with van der Waals surface area (Å²) >= 11 is 0. The third-order valence-electron chi connectivity index (χ3n) is 2.96. The van der Waals surface area contributed by atoms with Crippen LogP contribution < -0.4 is 10.1 Å². The Balaban J connectivity index is 1.80. The zero-order valence-electron chi connectivity index (χ0n) is 10.2. The molecule has 2 aromatic rings. The summed E-state index contributed by atoms with van der Waals surface area (Å²) < 4.78 is 18.8. The number of fused-ring (bicyclic) bond motifs is 1. The summed E-state index contributed by atoms with van der Waals surface area (Å²) in [5.41, 5.74) is 0.568. The van der Waals surface area contributed by atoms with E-state index in [2.05, 4.69) is 15.3 Å². The topological polar surface area (TPSA) is 84.3 Å². The fourth-order valence-electron chi connectivity index (χ4n) is 2.02. The number of nitrogens with zero attached hydrogens (tertiary/aromatic N) is 2. The van der Waals surface area contributed by atoms with Crippen LogP contribution in [0.2, 0.25) is 0 Å². The third-order valence-corrected chi connectivity index (χ3v) is 2.96. The van der Waals surface area contributed by atoms with Gasteiger partial charge in [0.15, 0.2) is 17.3 Å². The van der Waals surface area contributed by atoms with Crippen LogP contribution in [0.5, 0.6) is 5.75 Å². The molecule has 0 aliphatic carbocycles. The van der Waals surface area contributed by atoms with Crippen molar-refractivity contribution >= 4 is 11.8 Å². The summed E-state index contributed by atoms with van der Waals surface area (Å²) in [5.74, 6) is -0.902. The minimum Gasteiger partial charge on any atom is -0.488 e. The molecular formula is C13H10FN3O3. The summed E-state index contributed by atoms with van der Waals surface area (Å²) in [6.07, 6.45) is 2.48. The molecule has 0 fully saturated rings. The second-order valence-electron chi connectivity index (χ2n) is 4.26. The van der Waals surface area contributed by atoms with Crippen LogP contribution in [0.3, 0.4) is 0 Å². The van der Waals surface area contributed by atoms with Crippen LogP contribution in [0.1, 0.15) is 22.1 Å². The Hall–Kier alpha value is -2.70. The van der Waals surface area contributed by atoms with Gasteiger partial charge in [0.2, 0.25) is 0 Å². The van der Waals surface area contributed by atoms with Crippen LogP contribution in [0.4, 0.5) is 10.2 Å². The molecule has 2 N–H and O–H groups in total. The maximum absolute atomic E-state index is 13.5. The Kier molecular flexibility index (Phi) is 2.94. The highest BCUT2D eigenvalue weighted by Crippen LogP contribution is 2.35. The van der Waals surface area contributed by atoms with Gasteiger partial charge in [-0.15, -0.1) is 0 Å². The van der Waals surface area contributed by atoms with Crippen molar-refractivity contribution in [1.82, 2.24) is 9.97 Å².